The van der Waals surface area contributed by atoms with Gasteiger partial charge in [0.1, 0.15) is 0 Å². The van der Waals surface area contributed by atoms with Gasteiger partial charge in [0.15, 0.2) is 0 Å². The van der Waals surface area contributed by atoms with Gasteiger partial charge in [-0.3, -0.25) is 14.7 Å². The molecular weight excluding hydrogens is 314 g/mol. The van der Waals surface area contributed by atoms with Gasteiger partial charge in [-0.1, -0.05) is 12.8 Å². The van der Waals surface area contributed by atoms with E-state index in [1.165, 1.54) is 31.2 Å². The summed E-state index contributed by atoms with van der Waals surface area (Å²) in [5, 5.41) is 0. The van der Waals surface area contributed by atoms with Crippen molar-refractivity contribution in [1.29, 1.82) is 0 Å². The number of rotatable bonds is 4. The molecule has 1 aromatic rings. The first-order valence-electron chi connectivity index (χ1n) is 9.82. The van der Waals surface area contributed by atoms with Crippen LogP contribution in [0.25, 0.3) is 0 Å². The van der Waals surface area contributed by atoms with Crippen molar-refractivity contribution in [3.63, 3.8) is 0 Å². The molecule has 2 saturated heterocycles. The Bertz CT molecular complexity index is 574. The molecular formula is C20H29N3O2. The van der Waals surface area contributed by atoms with Crippen LogP contribution in [-0.4, -0.2) is 59.1 Å². The number of ether oxygens (including phenoxy) is 1. The highest BCUT2D eigenvalue weighted by Crippen LogP contribution is 2.30. The third kappa shape index (κ3) is 4.04. The summed E-state index contributed by atoms with van der Waals surface area (Å²) < 4.78 is 6.02. The summed E-state index contributed by atoms with van der Waals surface area (Å²) in [6.45, 7) is 4.32. The number of pyridine rings is 1. The molecule has 2 atom stereocenters. The minimum absolute atomic E-state index is 0.270. The standard InChI is InChI=1S/C20H29N3O2/c24-20(13-16-3-1-2-4-16)23-10-7-19-18(15-23)22(11-12-25-19)14-17-5-8-21-9-6-17/h5-6,8-9,16,18-19H,1-4,7,10-15H2/t18-,19-/m1/s1. The largest absolute Gasteiger partial charge is 0.375 e. The fraction of sp³-hybridized carbons (Fsp3) is 0.700. The normalized spacial score (nSPS) is 28.1. The lowest BCUT2D eigenvalue weighted by Crippen LogP contribution is -2.60. The van der Waals surface area contributed by atoms with Crippen molar-refractivity contribution in [2.24, 2.45) is 5.92 Å². The number of hydrogen-bond donors (Lipinski definition) is 0. The number of piperidine rings is 1. The van der Waals surface area contributed by atoms with Crippen molar-refractivity contribution in [3.8, 4) is 0 Å². The molecule has 0 aromatic carbocycles. The van der Waals surface area contributed by atoms with Crippen molar-refractivity contribution in [2.45, 2.75) is 57.2 Å². The lowest BCUT2D eigenvalue weighted by Gasteiger charge is -2.47. The van der Waals surface area contributed by atoms with Gasteiger partial charge in [-0.25, -0.2) is 0 Å². The Morgan fingerprint density at radius 1 is 1.16 bits per heavy atom. The topological polar surface area (TPSA) is 45.7 Å². The number of likely N-dealkylation sites (tertiary alicyclic amines) is 1. The SMILES string of the molecule is O=C(CC1CCCC1)N1CC[C@H]2OCCN(Cc3ccncc3)[C@@H]2C1. The van der Waals surface area contributed by atoms with E-state index in [1.54, 1.807) is 0 Å². The van der Waals surface area contributed by atoms with Crippen LogP contribution in [-0.2, 0) is 16.1 Å². The van der Waals surface area contributed by atoms with E-state index in [0.717, 1.165) is 45.6 Å². The van der Waals surface area contributed by atoms with E-state index in [9.17, 15) is 4.79 Å². The van der Waals surface area contributed by atoms with Gasteiger partial charge in [-0.15, -0.1) is 0 Å². The maximum atomic E-state index is 12.8. The summed E-state index contributed by atoms with van der Waals surface area (Å²) in [7, 11) is 0. The van der Waals surface area contributed by atoms with Gasteiger partial charge in [-0.05, 0) is 42.9 Å². The molecule has 0 spiro atoms. The first-order chi connectivity index (χ1) is 12.3. The summed E-state index contributed by atoms with van der Waals surface area (Å²) in [6, 6.07) is 4.48. The van der Waals surface area contributed by atoms with Crippen molar-refractivity contribution in [1.82, 2.24) is 14.8 Å². The fourth-order valence-corrected chi connectivity index (χ4v) is 4.68. The van der Waals surface area contributed by atoms with Crippen LogP contribution in [0.1, 0.15) is 44.1 Å². The molecule has 0 bridgehead atoms. The molecule has 4 rings (SSSR count). The predicted molar refractivity (Wildman–Crippen MR) is 95.9 cm³/mol. The van der Waals surface area contributed by atoms with Gasteiger partial charge in [0, 0.05) is 45.0 Å². The Morgan fingerprint density at radius 2 is 1.96 bits per heavy atom. The van der Waals surface area contributed by atoms with Crippen LogP contribution in [0.3, 0.4) is 0 Å². The zero-order valence-electron chi connectivity index (χ0n) is 15.0. The van der Waals surface area contributed by atoms with E-state index in [2.05, 4.69) is 26.9 Å². The minimum Gasteiger partial charge on any atom is -0.375 e. The second-order valence-electron chi connectivity index (χ2n) is 7.79. The maximum Gasteiger partial charge on any atom is 0.222 e. The second-order valence-corrected chi connectivity index (χ2v) is 7.79. The highest BCUT2D eigenvalue weighted by atomic mass is 16.5. The number of fused-ring (bicyclic) bond motifs is 1. The summed E-state index contributed by atoms with van der Waals surface area (Å²) in [5.41, 5.74) is 1.28. The molecule has 1 amide bonds. The second kappa shape index (κ2) is 7.83. The average Bonchev–Trinajstić information content (AvgIpc) is 3.15. The van der Waals surface area contributed by atoms with Crippen molar-refractivity contribution in [2.75, 3.05) is 26.2 Å². The summed E-state index contributed by atoms with van der Waals surface area (Å²) in [5.74, 6) is 0.987. The van der Waals surface area contributed by atoms with E-state index in [-0.39, 0.29) is 6.10 Å². The molecule has 0 radical (unpaired) electrons. The molecule has 1 saturated carbocycles. The molecule has 3 aliphatic rings. The molecule has 3 heterocycles. The Morgan fingerprint density at radius 3 is 2.76 bits per heavy atom. The summed E-state index contributed by atoms with van der Waals surface area (Å²) >= 11 is 0. The van der Waals surface area contributed by atoms with Crippen molar-refractivity contribution in [3.05, 3.63) is 30.1 Å². The quantitative estimate of drug-likeness (QED) is 0.842. The van der Waals surface area contributed by atoms with Crippen LogP contribution in [0, 0.1) is 5.92 Å². The minimum atomic E-state index is 0.270. The van der Waals surface area contributed by atoms with Gasteiger partial charge < -0.3 is 9.64 Å². The zero-order chi connectivity index (χ0) is 17.1. The molecule has 5 heteroatoms. The molecule has 136 valence electrons. The molecule has 0 unspecified atom stereocenters. The summed E-state index contributed by atoms with van der Waals surface area (Å²) in [4.78, 5) is 21.5. The third-order valence-corrected chi connectivity index (χ3v) is 6.13. The van der Waals surface area contributed by atoms with Crippen LogP contribution in [0.5, 0.6) is 0 Å². The van der Waals surface area contributed by atoms with E-state index in [0.29, 0.717) is 17.9 Å². The molecule has 1 aromatic heterocycles. The lowest BCUT2D eigenvalue weighted by atomic mass is 9.96. The Kier molecular flexibility index (Phi) is 5.32. The number of amides is 1. The van der Waals surface area contributed by atoms with Crippen LogP contribution in [0.2, 0.25) is 0 Å². The Balaban J connectivity index is 1.39. The number of carbonyl (C=O) groups excluding carboxylic acids is 1. The van der Waals surface area contributed by atoms with E-state index in [1.807, 2.05) is 12.4 Å². The number of morpholine rings is 1. The molecule has 25 heavy (non-hydrogen) atoms. The molecule has 5 nitrogen and oxygen atoms in total. The number of aromatic nitrogens is 1. The van der Waals surface area contributed by atoms with E-state index >= 15 is 0 Å². The lowest BCUT2D eigenvalue weighted by molar-refractivity contribution is -0.144. The van der Waals surface area contributed by atoms with Crippen LogP contribution >= 0.6 is 0 Å². The zero-order valence-corrected chi connectivity index (χ0v) is 15.0. The van der Waals surface area contributed by atoms with E-state index in [4.69, 9.17) is 4.74 Å². The number of hydrogen-bond acceptors (Lipinski definition) is 4. The monoisotopic (exact) mass is 343 g/mol. The van der Waals surface area contributed by atoms with E-state index < -0.39 is 0 Å². The smallest absolute Gasteiger partial charge is 0.222 e. The molecule has 2 aliphatic heterocycles. The number of carbonyl (C=O) groups is 1. The molecule has 1 aliphatic carbocycles. The van der Waals surface area contributed by atoms with Gasteiger partial charge in [0.25, 0.3) is 0 Å². The first-order valence-corrected chi connectivity index (χ1v) is 9.82. The first kappa shape index (κ1) is 17.0. The van der Waals surface area contributed by atoms with Crippen LogP contribution in [0.4, 0.5) is 0 Å². The average molecular weight is 343 g/mol. The van der Waals surface area contributed by atoms with Crippen LogP contribution in [0.15, 0.2) is 24.5 Å². The maximum absolute atomic E-state index is 12.8. The van der Waals surface area contributed by atoms with Crippen molar-refractivity contribution < 1.29 is 9.53 Å². The van der Waals surface area contributed by atoms with Gasteiger partial charge in [0.2, 0.25) is 5.91 Å². The third-order valence-electron chi connectivity index (χ3n) is 6.13. The predicted octanol–water partition coefficient (Wildman–Crippen LogP) is 2.46. The Labute approximate surface area is 150 Å². The van der Waals surface area contributed by atoms with Gasteiger partial charge >= 0.3 is 0 Å². The summed E-state index contributed by atoms with van der Waals surface area (Å²) in [6.07, 6.45) is 10.8. The van der Waals surface area contributed by atoms with Crippen molar-refractivity contribution >= 4 is 5.91 Å². The van der Waals surface area contributed by atoms with Gasteiger partial charge in [-0.2, -0.15) is 0 Å². The highest BCUT2D eigenvalue weighted by Gasteiger charge is 2.38. The fourth-order valence-electron chi connectivity index (χ4n) is 4.68. The van der Waals surface area contributed by atoms with Crippen LogP contribution < -0.4 is 0 Å². The molecule has 3 fully saturated rings. The Hall–Kier alpha value is -1.46. The van der Waals surface area contributed by atoms with Gasteiger partial charge in [0.05, 0.1) is 18.8 Å². The number of nitrogens with zero attached hydrogens (tertiary/aromatic N) is 3. The molecule has 0 N–H and O–H groups in total. The highest BCUT2D eigenvalue weighted by molar-refractivity contribution is 5.76.